The van der Waals surface area contributed by atoms with Crippen LogP contribution in [0.25, 0.3) is 0 Å². The quantitative estimate of drug-likeness (QED) is 0.874. The highest BCUT2D eigenvalue weighted by molar-refractivity contribution is 5.42. The average Bonchev–Trinajstić information content (AvgIpc) is 2.44. The van der Waals surface area contributed by atoms with Crippen LogP contribution in [-0.2, 0) is 12.8 Å². The van der Waals surface area contributed by atoms with Crippen molar-refractivity contribution < 1.29 is 4.39 Å². The van der Waals surface area contributed by atoms with Crippen LogP contribution in [0.15, 0.2) is 42.5 Å². The molecule has 0 saturated heterocycles. The Morgan fingerprint density at radius 2 is 2.05 bits per heavy atom. The smallest absolute Gasteiger partial charge is 0.123 e. The van der Waals surface area contributed by atoms with E-state index in [1.165, 1.54) is 16.7 Å². The van der Waals surface area contributed by atoms with Gasteiger partial charge in [-0.3, -0.25) is 0 Å². The molecule has 0 aliphatic heterocycles. The third kappa shape index (κ3) is 2.86. The van der Waals surface area contributed by atoms with Gasteiger partial charge in [0, 0.05) is 12.0 Å². The summed E-state index contributed by atoms with van der Waals surface area (Å²) < 4.78 is 13.5. The number of hydrogen-bond donors (Lipinski definition) is 1. The zero-order chi connectivity index (χ0) is 14.8. The summed E-state index contributed by atoms with van der Waals surface area (Å²) >= 11 is 0. The number of likely N-dealkylation sites (N-methyl/N-ethyl adjacent to an activating group) is 1. The molecule has 2 unspecified atom stereocenters. The van der Waals surface area contributed by atoms with Gasteiger partial charge in [-0.05, 0) is 60.7 Å². The second-order valence-corrected chi connectivity index (χ2v) is 5.95. The average molecular weight is 283 g/mol. The Hall–Kier alpha value is -1.67. The van der Waals surface area contributed by atoms with E-state index in [2.05, 4.69) is 43.4 Å². The van der Waals surface area contributed by atoms with Crippen LogP contribution in [0.4, 0.5) is 4.39 Å². The van der Waals surface area contributed by atoms with Gasteiger partial charge in [-0.2, -0.15) is 0 Å². The van der Waals surface area contributed by atoms with Gasteiger partial charge >= 0.3 is 0 Å². The molecule has 2 aromatic carbocycles. The highest BCUT2D eigenvalue weighted by atomic mass is 19.1. The number of nitrogens with one attached hydrogen (secondary N) is 1. The van der Waals surface area contributed by atoms with E-state index in [-0.39, 0.29) is 5.82 Å². The number of rotatable bonds is 5. The minimum Gasteiger partial charge on any atom is -0.313 e. The molecular weight excluding hydrogens is 261 g/mol. The zero-order valence-electron chi connectivity index (χ0n) is 12.7. The fourth-order valence-corrected chi connectivity index (χ4v) is 3.37. The van der Waals surface area contributed by atoms with Crippen molar-refractivity contribution in [3.63, 3.8) is 0 Å². The number of benzene rings is 2. The Morgan fingerprint density at radius 1 is 1.24 bits per heavy atom. The van der Waals surface area contributed by atoms with E-state index < -0.39 is 0 Å². The van der Waals surface area contributed by atoms with Gasteiger partial charge < -0.3 is 5.32 Å². The lowest BCUT2D eigenvalue weighted by Crippen LogP contribution is -2.41. The third-order valence-corrected chi connectivity index (χ3v) is 4.60. The lowest BCUT2D eigenvalue weighted by molar-refractivity contribution is 0.404. The normalized spacial score (nSPS) is 18.0. The number of hydrogen-bond acceptors (Lipinski definition) is 1. The van der Waals surface area contributed by atoms with Crippen LogP contribution in [0.3, 0.4) is 0 Å². The van der Waals surface area contributed by atoms with Gasteiger partial charge in [0.2, 0.25) is 0 Å². The van der Waals surface area contributed by atoms with Gasteiger partial charge in [0.05, 0.1) is 0 Å². The molecule has 0 saturated carbocycles. The summed E-state index contributed by atoms with van der Waals surface area (Å²) in [6, 6.07) is 14.1. The first kappa shape index (κ1) is 14.3. The van der Waals surface area contributed by atoms with E-state index in [0.717, 1.165) is 24.9 Å². The molecular formula is C19H22FN. The first-order chi connectivity index (χ1) is 10.2. The molecule has 0 spiro atoms. The van der Waals surface area contributed by atoms with Crippen molar-refractivity contribution in [3.8, 4) is 0 Å². The monoisotopic (exact) mass is 283 g/mol. The number of fused-ring (bicyclic) bond motifs is 1. The Bertz CT molecular complexity index is 635. The Balaban J connectivity index is 1.82. The maximum absolute atomic E-state index is 13.5. The largest absolute Gasteiger partial charge is 0.313 e. The highest BCUT2D eigenvalue weighted by Gasteiger charge is 2.32. The van der Waals surface area contributed by atoms with Gasteiger partial charge in [-0.25, -0.2) is 4.39 Å². The van der Waals surface area contributed by atoms with Crippen LogP contribution in [0, 0.1) is 12.7 Å². The lowest BCUT2D eigenvalue weighted by atomic mass is 9.72. The molecule has 0 aromatic heterocycles. The molecule has 0 heterocycles. The fraction of sp³-hybridized carbons (Fsp3) is 0.368. The lowest BCUT2D eigenvalue weighted by Gasteiger charge is -2.37. The molecule has 1 N–H and O–H groups in total. The molecule has 2 atom stereocenters. The molecule has 2 heteroatoms. The van der Waals surface area contributed by atoms with Gasteiger partial charge in [0.1, 0.15) is 5.82 Å². The van der Waals surface area contributed by atoms with E-state index in [1.807, 2.05) is 6.07 Å². The maximum atomic E-state index is 13.5. The Labute approximate surface area is 126 Å². The molecule has 1 nitrogen and oxygen atoms in total. The summed E-state index contributed by atoms with van der Waals surface area (Å²) in [7, 11) is 0. The Morgan fingerprint density at radius 3 is 2.81 bits per heavy atom. The van der Waals surface area contributed by atoms with Crippen molar-refractivity contribution in [2.75, 3.05) is 6.54 Å². The topological polar surface area (TPSA) is 12.0 Å². The molecule has 0 fully saturated rings. The van der Waals surface area contributed by atoms with Crippen LogP contribution < -0.4 is 5.32 Å². The van der Waals surface area contributed by atoms with Crippen LogP contribution >= 0.6 is 0 Å². The second-order valence-electron chi connectivity index (χ2n) is 5.95. The van der Waals surface area contributed by atoms with Gasteiger partial charge in [0.15, 0.2) is 0 Å². The predicted octanol–water partition coefficient (Wildman–Crippen LogP) is 3.99. The molecule has 21 heavy (non-hydrogen) atoms. The van der Waals surface area contributed by atoms with Crippen molar-refractivity contribution in [2.45, 2.75) is 38.6 Å². The van der Waals surface area contributed by atoms with Crippen molar-refractivity contribution in [3.05, 3.63) is 70.5 Å². The summed E-state index contributed by atoms with van der Waals surface area (Å²) in [5, 5.41) is 3.60. The SMILES string of the molecule is CCNC(Cc1cc(F)ccc1C)C1Cc2ccccc21. The first-order valence-corrected chi connectivity index (χ1v) is 7.75. The Kier molecular flexibility index (Phi) is 4.07. The highest BCUT2D eigenvalue weighted by Crippen LogP contribution is 2.38. The summed E-state index contributed by atoms with van der Waals surface area (Å²) in [5.41, 5.74) is 5.20. The molecule has 0 radical (unpaired) electrons. The molecule has 0 bridgehead atoms. The van der Waals surface area contributed by atoms with Gasteiger partial charge in [-0.15, -0.1) is 0 Å². The van der Waals surface area contributed by atoms with E-state index in [1.54, 1.807) is 12.1 Å². The molecule has 2 aromatic rings. The summed E-state index contributed by atoms with van der Waals surface area (Å²) in [6.07, 6.45) is 2.01. The van der Waals surface area contributed by atoms with Crippen LogP contribution in [0.1, 0.15) is 35.1 Å². The fourth-order valence-electron chi connectivity index (χ4n) is 3.37. The third-order valence-electron chi connectivity index (χ3n) is 4.60. The van der Waals surface area contributed by atoms with Crippen molar-refractivity contribution in [2.24, 2.45) is 0 Å². The minimum absolute atomic E-state index is 0.139. The molecule has 1 aliphatic carbocycles. The van der Waals surface area contributed by atoms with Crippen molar-refractivity contribution in [1.29, 1.82) is 0 Å². The molecule has 1 aliphatic rings. The van der Waals surface area contributed by atoms with Gasteiger partial charge in [-0.1, -0.05) is 37.3 Å². The number of aryl methyl sites for hydroxylation is 1. The van der Waals surface area contributed by atoms with Crippen LogP contribution in [-0.4, -0.2) is 12.6 Å². The summed E-state index contributed by atoms with van der Waals surface area (Å²) in [4.78, 5) is 0. The molecule has 110 valence electrons. The van der Waals surface area contributed by atoms with E-state index in [0.29, 0.717) is 12.0 Å². The van der Waals surface area contributed by atoms with E-state index >= 15 is 0 Å². The standard InChI is InChI=1S/C19H22FN/c1-3-21-19(12-15-10-16(20)9-8-13(15)2)18-11-14-6-4-5-7-17(14)18/h4-10,18-19,21H,3,11-12H2,1-2H3. The van der Waals surface area contributed by atoms with Crippen LogP contribution in [0.2, 0.25) is 0 Å². The van der Waals surface area contributed by atoms with E-state index in [4.69, 9.17) is 0 Å². The molecule has 3 rings (SSSR count). The van der Waals surface area contributed by atoms with Crippen molar-refractivity contribution >= 4 is 0 Å². The zero-order valence-corrected chi connectivity index (χ0v) is 12.7. The first-order valence-electron chi connectivity index (χ1n) is 7.75. The second kappa shape index (κ2) is 5.98. The summed E-state index contributed by atoms with van der Waals surface area (Å²) in [6.45, 7) is 5.14. The minimum atomic E-state index is -0.139. The molecule has 0 amide bonds. The summed E-state index contributed by atoms with van der Waals surface area (Å²) in [5.74, 6) is 0.406. The predicted molar refractivity (Wildman–Crippen MR) is 85.2 cm³/mol. The maximum Gasteiger partial charge on any atom is 0.123 e. The number of halogens is 1. The van der Waals surface area contributed by atoms with E-state index in [9.17, 15) is 4.39 Å². The van der Waals surface area contributed by atoms with Crippen molar-refractivity contribution in [1.82, 2.24) is 5.32 Å². The van der Waals surface area contributed by atoms with Crippen LogP contribution in [0.5, 0.6) is 0 Å². The van der Waals surface area contributed by atoms with Gasteiger partial charge in [0.25, 0.3) is 0 Å².